The molecule has 0 radical (unpaired) electrons. The maximum absolute atomic E-state index is 11.2. The van der Waals surface area contributed by atoms with Crippen LogP contribution in [0.5, 0.6) is 0 Å². The number of nitrogens with one attached hydrogen (secondary N) is 1. The number of rotatable bonds is 4. The molecule has 0 amide bonds. The second-order valence-electron chi connectivity index (χ2n) is 2.53. The van der Waals surface area contributed by atoms with E-state index in [-0.39, 0.29) is 6.54 Å². The molecule has 0 unspecified atom stereocenters. The van der Waals surface area contributed by atoms with Crippen molar-refractivity contribution in [3.05, 3.63) is 16.6 Å². The smallest absolute Gasteiger partial charge is 0.248 e. The Kier molecular flexibility index (Phi) is 3.37. The standard InChI is InChI=1S/C6H11N3O2S2/c1-9(2)13(10,11)8-5-6-7-3-4-12-6/h3-4,8H,5H2,1-2H3. The highest BCUT2D eigenvalue weighted by molar-refractivity contribution is 7.87. The van der Waals surface area contributed by atoms with E-state index in [0.717, 1.165) is 9.31 Å². The van der Waals surface area contributed by atoms with E-state index in [1.807, 2.05) is 0 Å². The Morgan fingerprint density at radius 2 is 2.31 bits per heavy atom. The van der Waals surface area contributed by atoms with E-state index in [1.165, 1.54) is 25.4 Å². The van der Waals surface area contributed by atoms with Gasteiger partial charge >= 0.3 is 0 Å². The zero-order valence-corrected chi connectivity index (χ0v) is 9.02. The lowest BCUT2D eigenvalue weighted by Gasteiger charge is -2.10. The lowest BCUT2D eigenvalue weighted by Crippen LogP contribution is -2.35. The van der Waals surface area contributed by atoms with Crippen molar-refractivity contribution in [3.63, 3.8) is 0 Å². The van der Waals surface area contributed by atoms with Crippen LogP contribution in [-0.2, 0) is 16.8 Å². The molecule has 0 spiro atoms. The lowest BCUT2D eigenvalue weighted by atomic mass is 10.7. The van der Waals surface area contributed by atoms with Crippen LogP contribution in [0.4, 0.5) is 0 Å². The van der Waals surface area contributed by atoms with Crippen molar-refractivity contribution in [1.29, 1.82) is 0 Å². The zero-order chi connectivity index (χ0) is 9.90. The molecular weight excluding hydrogens is 210 g/mol. The van der Waals surface area contributed by atoms with Gasteiger partial charge < -0.3 is 0 Å². The summed E-state index contributed by atoms with van der Waals surface area (Å²) in [6, 6.07) is 0. The van der Waals surface area contributed by atoms with Crippen LogP contribution in [-0.4, -0.2) is 31.8 Å². The summed E-state index contributed by atoms with van der Waals surface area (Å²) < 4.78 is 26.0. The summed E-state index contributed by atoms with van der Waals surface area (Å²) in [7, 11) is -0.372. The maximum Gasteiger partial charge on any atom is 0.279 e. The first-order valence-electron chi connectivity index (χ1n) is 3.58. The van der Waals surface area contributed by atoms with Gasteiger partial charge in [-0.15, -0.1) is 11.3 Å². The molecule has 0 saturated heterocycles. The van der Waals surface area contributed by atoms with Gasteiger partial charge in [0.15, 0.2) is 0 Å². The molecular formula is C6H11N3O2S2. The molecule has 0 saturated carbocycles. The SMILES string of the molecule is CN(C)S(=O)(=O)NCc1nccs1. The van der Waals surface area contributed by atoms with Crippen LogP contribution in [0.2, 0.25) is 0 Å². The second kappa shape index (κ2) is 4.14. The highest BCUT2D eigenvalue weighted by Gasteiger charge is 2.12. The summed E-state index contributed by atoms with van der Waals surface area (Å²) in [5.41, 5.74) is 0. The topological polar surface area (TPSA) is 62.3 Å². The predicted molar refractivity (Wildman–Crippen MR) is 51.6 cm³/mol. The van der Waals surface area contributed by atoms with Crippen molar-refractivity contribution in [3.8, 4) is 0 Å². The van der Waals surface area contributed by atoms with Gasteiger partial charge in [0.1, 0.15) is 5.01 Å². The molecule has 0 aliphatic heterocycles. The molecule has 0 aliphatic carbocycles. The van der Waals surface area contributed by atoms with Crippen molar-refractivity contribution in [2.24, 2.45) is 0 Å². The highest BCUT2D eigenvalue weighted by atomic mass is 32.2. The Morgan fingerprint density at radius 3 is 2.77 bits per heavy atom. The van der Waals surface area contributed by atoms with Crippen molar-refractivity contribution in [2.45, 2.75) is 6.54 Å². The normalized spacial score (nSPS) is 12.2. The van der Waals surface area contributed by atoms with Crippen molar-refractivity contribution in [1.82, 2.24) is 14.0 Å². The van der Waals surface area contributed by atoms with E-state index in [4.69, 9.17) is 0 Å². The molecule has 13 heavy (non-hydrogen) atoms. The average molecular weight is 221 g/mol. The van der Waals surface area contributed by atoms with Crippen LogP contribution in [0.15, 0.2) is 11.6 Å². The Hall–Kier alpha value is -0.500. The van der Waals surface area contributed by atoms with Crippen molar-refractivity contribution >= 4 is 21.5 Å². The van der Waals surface area contributed by atoms with Crippen LogP contribution in [0, 0.1) is 0 Å². The van der Waals surface area contributed by atoms with Crippen molar-refractivity contribution in [2.75, 3.05) is 14.1 Å². The van der Waals surface area contributed by atoms with E-state index in [1.54, 1.807) is 11.6 Å². The molecule has 1 aromatic heterocycles. The minimum Gasteiger partial charge on any atom is -0.248 e. The fraction of sp³-hybridized carbons (Fsp3) is 0.500. The number of hydrogen-bond donors (Lipinski definition) is 1. The van der Waals surface area contributed by atoms with Gasteiger partial charge in [0, 0.05) is 25.7 Å². The van der Waals surface area contributed by atoms with Gasteiger partial charge in [-0.2, -0.15) is 17.4 Å². The number of aromatic nitrogens is 1. The van der Waals surface area contributed by atoms with Gasteiger partial charge in [0.25, 0.3) is 10.2 Å². The van der Waals surface area contributed by atoms with Crippen LogP contribution in [0.25, 0.3) is 0 Å². The molecule has 0 bridgehead atoms. The van der Waals surface area contributed by atoms with Crippen LogP contribution < -0.4 is 4.72 Å². The summed E-state index contributed by atoms with van der Waals surface area (Å²) in [4.78, 5) is 3.95. The summed E-state index contributed by atoms with van der Waals surface area (Å²) in [5, 5.41) is 2.56. The van der Waals surface area contributed by atoms with E-state index < -0.39 is 10.2 Å². The Balaban J connectivity index is 2.53. The van der Waals surface area contributed by atoms with E-state index in [0.29, 0.717) is 0 Å². The van der Waals surface area contributed by atoms with Gasteiger partial charge in [-0.25, -0.2) is 4.98 Å². The van der Waals surface area contributed by atoms with Gasteiger partial charge in [-0.1, -0.05) is 0 Å². The monoisotopic (exact) mass is 221 g/mol. The fourth-order valence-electron chi connectivity index (χ4n) is 0.622. The molecule has 5 nitrogen and oxygen atoms in total. The third kappa shape index (κ3) is 3.03. The van der Waals surface area contributed by atoms with Gasteiger partial charge in [0.2, 0.25) is 0 Å². The first-order chi connectivity index (χ1) is 6.02. The van der Waals surface area contributed by atoms with Gasteiger partial charge in [0.05, 0.1) is 6.54 Å². The largest absolute Gasteiger partial charge is 0.279 e. The first kappa shape index (κ1) is 10.6. The second-order valence-corrected chi connectivity index (χ2v) is 5.48. The van der Waals surface area contributed by atoms with E-state index in [2.05, 4.69) is 9.71 Å². The maximum atomic E-state index is 11.2. The Bertz CT molecular complexity index is 344. The zero-order valence-electron chi connectivity index (χ0n) is 7.39. The number of thiazole rings is 1. The number of nitrogens with zero attached hydrogens (tertiary/aromatic N) is 2. The molecule has 1 aromatic rings. The third-order valence-electron chi connectivity index (χ3n) is 1.37. The Labute approximate surface area is 81.6 Å². The first-order valence-corrected chi connectivity index (χ1v) is 5.90. The molecule has 0 aliphatic rings. The lowest BCUT2D eigenvalue weighted by molar-refractivity contribution is 0.505. The minimum absolute atomic E-state index is 0.248. The van der Waals surface area contributed by atoms with Crippen LogP contribution >= 0.6 is 11.3 Å². The summed E-state index contributed by atoms with van der Waals surface area (Å²) in [6.07, 6.45) is 1.64. The van der Waals surface area contributed by atoms with Crippen LogP contribution in [0.1, 0.15) is 5.01 Å². The molecule has 74 valence electrons. The molecule has 0 fully saturated rings. The van der Waals surface area contributed by atoms with Crippen molar-refractivity contribution < 1.29 is 8.42 Å². The molecule has 0 atom stereocenters. The van der Waals surface area contributed by atoms with Gasteiger partial charge in [-0.3, -0.25) is 0 Å². The molecule has 0 aromatic carbocycles. The molecule has 1 heterocycles. The van der Waals surface area contributed by atoms with E-state index >= 15 is 0 Å². The van der Waals surface area contributed by atoms with E-state index in [9.17, 15) is 8.42 Å². The van der Waals surface area contributed by atoms with Gasteiger partial charge in [-0.05, 0) is 0 Å². The summed E-state index contributed by atoms with van der Waals surface area (Å²) in [6.45, 7) is 0.248. The molecule has 7 heteroatoms. The molecule has 1 rings (SSSR count). The molecule has 1 N–H and O–H groups in total. The minimum atomic E-state index is -3.32. The quantitative estimate of drug-likeness (QED) is 0.781. The fourth-order valence-corrected chi connectivity index (χ4v) is 1.85. The summed E-state index contributed by atoms with van der Waals surface area (Å²) >= 11 is 1.42. The summed E-state index contributed by atoms with van der Waals surface area (Å²) in [5.74, 6) is 0. The predicted octanol–water partition coefficient (Wildman–Crippen LogP) is 0.0391. The highest BCUT2D eigenvalue weighted by Crippen LogP contribution is 2.03. The Morgan fingerprint density at radius 1 is 1.62 bits per heavy atom. The van der Waals surface area contributed by atoms with Crippen LogP contribution in [0.3, 0.4) is 0 Å². The number of hydrogen-bond acceptors (Lipinski definition) is 4. The average Bonchev–Trinajstić information content (AvgIpc) is 2.52. The third-order valence-corrected chi connectivity index (χ3v) is 3.62.